The summed E-state index contributed by atoms with van der Waals surface area (Å²) in [5.74, 6) is 2.66. The van der Waals surface area contributed by atoms with Crippen LogP contribution in [-0.2, 0) is 12.8 Å². The smallest absolute Gasteiger partial charge is 0.164 e. The molecule has 0 N–H and O–H groups in total. The van der Waals surface area contributed by atoms with Gasteiger partial charge < -0.3 is 13.4 Å². The first kappa shape index (κ1) is 34.2. The van der Waals surface area contributed by atoms with Crippen LogP contribution in [0, 0.1) is 0 Å². The van der Waals surface area contributed by atoms with E-state index in [2.05, 4.69) is 109 Å². The maximum atomic E-state index is 7.05. The maximum Gasteiger partial charge on any atom is 0.164 e. The summed E-state index contributed by atoms with van der Waals surface area (Å²) in [6, 6.07) is 38.2. The highest BCUT2D eigenvalue weighted by Crippen LogP contribution is 2.47. The Hall–Kier alpha value is -7.31. The molecule has 1 aliphatic rings. The van der Waals surface area contributed by atoms with Gasteiger partial charge in [0.25, 0.3) is 0 Å². The summed E-state index contributed by atoms with van der Waals surface area (Å²) in [6.07, 6.45) is 13.2. The van der Waals surface area contributed by atoms with E-state index < -0.39 is 0 Å². The average Bonchev–Trinajstić information content (AvgIpc) is 3.93. The Balaban J connectivity index is 1.13. The summed E-state index contributed by atoms with van der Waals surface area (Å²) in [6.45, 7) is 11.9. The second-order valence-corrected chi connectivity index (χ2v) is 14.4. The second kappa shape index (κ2) is 13.8. The van der Waals surface area contributed by atoms with E-state index >= 15 is 0 Å². The molecule has 10 rings (SSSR count). The van der Waals surface area contributed by atoms with Crippen LogP contribution in [0.5, 0.6) is 0 Å². The number of aryl methyl sites for hydroxylation is 1. The zero-order valence-electron chi connectivity index (χ0n) is 31.8. The Morgan fingerprint density at radius 3 is 2.32 bits per heavy atom. The van der Waals surface area contributed by atoms with Crippen LogP contribution in [0.25, 0.3) is 94.5 Å². The molecule has 274 valence electrons. The Kier molecular flexibility index (Phi) is 8.26. The first-order chi connectivity index (χ1) is 28.0. The largest absolute Gasteiger partial charge is 0.456 e. The lowest BCUT2D eigenvalue weighted by atomic mass is 9.92. The number of allylic oxidation sites excluding steroid dienone is 8. The molecule has 0 spiro atoms. The van der Waals surface area contributed by atoms with Gasteiger partial charge in [-0.1, -0.05) is 135 Å². The van der Waals surface area contributed by atoms with Gasteiger partial charge in [0.1, 0.15) is 16.9 Å². The highest BCUT2D eigenvalue weighted by Gasteiger charge is 2.30. The van der Waals surface area contributed by atoms with Gasteiger partial charge in [0.05, 0.1) is 11.2 Å². The van der Waals surface area contributed by atoms with E-state index in [1.54, 1.807) is 6.08 Å². The summed E-state index contributed by atoms with van der Waals surface area (Å²) in [7, 11) is 0. The van der Waals surface area contributed by atoms with E-state index in [9.17, 15) is 0 Å². The van der Waals surface area contributed by atoms with Gasteiger partial charge in [-0.3, -0.25) is 0 Å². The van der Waals surface area contributed by atoms with Crippen LogP contribution in [0.1, 0.15) is 36.8 Å². The molecule has 0 unspecified atom stereocenters. The molecule has 57 heavy (non-hydrogen) atoms. The zero-order chi connectivity index (χ0) is 38.6. The molecule has 0 radical (unpaired) electrons. The third kappa shape index (κ3) is 5.60. The molecule has 9 aromatic rings. The number of para-hydroxylation sites is 4. The molecular weight excluding hydrogens is 701 g/mol. The van der Waals surface area contributed by atoms with Crippen molar-refractivity contribution in [2.45, 2.75) is 26.7 Å². The van der Waals surface area contributed by atoms with Crippen molar-refractivity contribution in [2.75, 3.05) is 0 Å². The van der Waals surface area contributed by atoms with Gasteiger partial charge in [-0.2, -0.15) is 0 Å². The summed E-state index contributed by atoms with van der Waals surface area (Å²) < 4.78 is 16.1. The molecule has 5 aromatic carbocycles. The van der Waals surface area contributed by atoms with Crippen molar-refractivity contribution in [2.24, 2.45) is 0 Å². The summed E-state index contributed by atoms with van der Waals surface area (Å²) in [5, 5.41) is 4.50. The van der Waals surface area contributed by atoms with Crippen LogP contribution < -0.4 is 0 Å². The first-order valence-corrected chi connectivity index (χ1v) is 19.3. The minimum Gasteiger partial charge on any atom is -0.456 e. The molecule has 0 saturated carbocycles. The number of aromatic nitrogens is 4. The third-order valence-corrected chi connectivity index (χ3v) is 10.9. The van der Waals surface area contributed by atoms with Gasteiger partial charge in [0, 0.05) is 55.1 Å². The summed E-state index contributed by atoms with van der Waals surface area (Å²) in [5.41, 5.74) is 12.9. The molecule has 1 aliphatic carbocycles. The van der Waals surface area contributed by atoms with Gasteiger partial charge >= 0.3 is 0 Å². The molecule has 0 amide bonds. The van der Waals surface area contributed by atoms with Crippen molar-refractivity contribution in [1.29, 1.82) is 0 Å². The van der Waals surface area contributed by atoms with Crippen molar-refractivity contribution >= 4 is 55.0 Å². The summed E-state index contributed by atoms with van der Waals surface area (Å²) >= 11 is 0. The number of benzene rings is 5. The molecule has 4 aromatic heterocycles. The third-order valence-electron chi connectivity index (χ3n) is 10.9. The quantitative estimate of drug-likeness (QED) is 0.145. The Morgan fingerprint density at radius 1 is 0.719 bits per heavy atom. The van der Waals surface area contributed by atoms with E-state index in [1.807, 2.05) is 62.4 Å². The minimum atomic E-state index is 0.530. The number of hydrogen-bond acceptors (Lipinski definition) is 5. The molecule has 0 bridgehead atoms. The van der Waals surface area contributed by atoms with Crippen molar-refractivity contribution in [3.05, 3.63) is 182 Å². The number of rotatable bonds is 8. The molecule has 0 atom stereocenters. The fraction of sp³-hybridized carbons (Fsp3) is 0.0784. The molecule has 0 aliphatic heterocycles. The molecule has 6 heteroatoms. The minimum absolute atomic E-state index is 0.530. The molecular formula is C51H38N4O2. The van der Waals surface area contributed by atoms with Crippen LogP contribution in [0.3, 0.4) is 0 Å². The second-order valence-electron chi connectivity index (χ2n) is 14.4. The summed E-state index contributed by atoms with van der Waals surface area (Å²) in [4.78, 5) is 14.6. The van der Waals surface area contributed by atoms with Crippen molar-refractivity contribution in [1.82, 2.24) is 19.5 Å². The van der Waals surface area contributed by atoms with Crippen molar-refractivity contribution in [3.8, 4) is 39.5 Å². The Labute approximate surface area is 330 Å². The number of fused-ring (bicyclic) bond motifs is 10. The van der Waals surface area contributed by atoms with Gasteiger partial charge in [0.2, 0.25) is 0 Å². The fourth-order valence-electron chi connectivity index (χ4n) is 8.34. The lowest BCUT2D eigenvalue weighted by Crippen LogP contribution is -2.07. The van der Waals surface area contributed by atoms with Crippen LogP contribution >= 0.6 is 0 Å². The lowest BCUT2D eigenvalue weighted by Gasteiger charge is -2.16. The lowest BCUT2D eigenvalue weighted by molar-refractivity contribution is 0.620. The van der Waals surface area contributed by atoms with E-state index in [-0.39, 0.29) is 0 Å². The standard InChI is InChI=1S/C51H38N4O2/c1-5-7-8-17-32(4)50-52-49(31(3)16-6-2)53-51(54-50)34-19-13-18-33(30-34)35-22-14-23-37-38-24-15-26-43(47(38)57-46(35)37)55-41-25-11-9-21-40(41)45-42(55)29-28-39-36-20-10-12-27-44(36)56-48(39)45/h5-27,30H,1,3,28-29H2,2,4H3. The van der Waals surface area contributed by atoms with Crippen LogP contribution in [0.15, 0.2) is 168 Å². The highest BCUT2D eigenvalue weighted by molar-refractivity contribution is 6.12. The van der Waals surface area contributed by atoms with E-state index in [1.165, 1.54) is 27.6 Å². The molecule has 6 nitrogen and oxygen atoms in total. The van der Waals surface area contributed by atoms with Gasteiger partial charge in [-0.15, -0.1) is 0 Å². The van der Waals surface area contributed by atoms with Gasteiger partial charge in [0.15, 0.2) is 23.1 Å². The zero-order valence-corrected chi connectivity index (χ0v) is 31.8. The van der Waals surface area contributed by atoms with E-state index in [0.717, 1.165) is 79.6 Å². The predicted molar refractivity (Wildman–Crippen MR) is 234 cm³/mol. The van der Waals surface area contributed by atoms with Crippen molar-refractivity contribution in [3.63, 3.8) is 0 Å². The molecule has 0 fully saturated rings. The molecule has 0 saturated heterocycles. The molecule has 4 heterocycles. The normalized spacial score (nSPS) is 13.1. The van der Waals surface area contributed by atoms with Gasteiger partial charge in [-0.05, 0) is 62.1 Å². The first-order valence-electron chi connectivity index (χ1n) is 19.3. The van der Waals surface area contributed by atoms with Crippen LogP contribution in [0.2, 0.25) is 0 Å². The monoisotopic (exact) mass is 738 g/mol. The van der Waals surface area contributed by atoms with Crippen LogP contribution in [0.4, 0.5) is 0 Å². The maximum absolute atomic E-state index is 7.05. The van der Waals surface area contributed by atoms with Gasteiger partial charge in [-0.25, -0.2) is 15.0 Å². The van der Waals surface area contributed by atoms with E-state index in [4.69, 9.17) is 23.8 Å². The number of hydrogen-bond donors (Lipinski definition) is 0. The SMILES string of the molecule is C=CC=CC=C(C)c1nc(C(=C)C=CC)nc(-c2cccc(-c3cccc4c3oc3c(-n5c6c(c7ccccc75)-c5oc7ccccc7c5CC6)cccc34)c2)n1. The van der Waals surface area contributed by atoms with Crippen LogP contribution in [-0.4, -0.2) is 19.5 Å². The predicted octanol–water partition coefficient (Wildman–Crippen LogP) is 13.3. The number of nitrogens with zero attached hydrogens (tertiary/aromatic N) is 4. The van der Waals surface area contributed by atoms with E-state index in [0.29, 0.717) is 23.0 Å². The van der Waals surface area contributed by atoms with Crippen molar-refractivity contribution < 1.29 is 8.83 Å². The fourth-order valence-corrected chi connectivity index (χ4v) is 8.34. The Morgan fingerprint density at radius 2 is 1.46 bits per heavy atom. The topological polar surface area (TPSA) is 69.9 Å². The number of furan rings is 2. The Bertz CT molecular complexity index is 3200. The highest BCUT2D eigenvalue weighted by atomic mass is 16.3. The average molecular weight is 739 g/mol.